The lowest BCUT2D eigenvalue weighted by Gasteiger charge is -2.24. The number of rotatable bonds is 8. The summed E-state index contributed by atoms with van der Waals surface area (Å²) in [6.45, 7) is 2.68. The van der Waals surface area contributed by atoms with Gasteiger partial charge in [-0.15, -0.1) is 0 Å². The van der Waals surface area contributed by atoms with Crippen molar-refractivity contribution in [3.05, 3.63) is 54.1 Å². The van der Waals surface area contributed by atoms with Gasteiger partial charge in [0.1, 0.15) is 12.3 Å². The quantitative estimate of drug-likeness (QED) is 0.712. The summed E-state index contributed by atoms with van der Waals surface area (Å²) in [6.07, 6.45) is 1.86. The van der Waals surface area contributed by atoms with Gasteiger partial charge in [-0.25, -0.2) is 8.42 Å². The van der Waals surface area contributed by atoms with Gasteiger partial charge in [0, 0.05) is 13.2 Å². The van der Waals surface area contributed by atoms with E-state index >= 15 is 0 Å². The molecule has 2 aromatic rings. The van der Waals surface area contributed by atoms with Gasteiger partial charge in [0.15, 0.2) is 0 Å². The number of nitrogens with one attached hydrogen (secondary N) is 1. The first-order valence-electron chi connectivity index (χ1n) is 9.52. The summed E-state index contributed by atoms with van der Waals surface area (Å²) >= 11 is 0. The topological polar surface area (TPSA) is 84.9 Å². The van der Waals surface area contributed by atoms with E-state index in [0.29, 0.717) is 24.6 Å². The second kappa shape index (κ2) is 9.28. The smallest absolute Gasteiger partial charge is 0.264 e. The average molecular weight is 419 g/mol. The molecule has 1 heterocycles. The molecule has 1 atom stereocenters. The van der Waals surface area contributed by atoms with E-state index in [9.17, 15) is 13.2 Å². The van der Waals surface area contributed by atoms with E-state index in [1.807, 2.05) is 19.1 Å². The minimum Gasteiger partial charge on any atom is -0.497 e. The summed E-state index contributed by atoms with van der Waals surface area (Å²) in [6, 6.07) is 13.1. The Bertz CT molecular complexity index is 921. The van der Waals surface area contributed by atoms with Crippen molar-refractivity contribution in [1.82, 2.24) is 5.32 Å². The van der Waals surface area contributed by atoms with E-state index < -0.39 is 10.0 Å². The van der Waals surface area contributed by atoms with Crippen LogP contribution in [0.1, 0.15) is 18.4 Å². The molecule has 0 aromatic heterocycles. The predicted octanol–water partition coefficient (Wildman–Crippen LogP) is 2.49. The Morgan fingerprint density at radius 3 is 2.45 bits per heavy atom. The zero-order valence-electron chi connectivity index (χ0n) is 16.6. The van der Waals surface area contributed by atoms with Crippen LogP contribution in [0.4, 0.5) is 5.69 Å². The van der Waals surface area contributed by atoms with Gasteiger partial charge in [-0.2, -0.15) is 0 Å². The summed E-state index contributed by atoms with van der Waals surface area (Å²) in [7, 11) is -2.42. The van der Waals surface area contributed by atoms with Crippen LogP contribution in [0.25, 0.3) is 0 Å². The molecule has 7 nitrogen and oxygen atoms in total. The first-order valence-corrected chi connectivity index (χ1v) is 11.0. The zero-order chi connectivity index (χ0) is 20.9. The highest BCUT2D eigenvalue weighted by Crippen LogP contribution is 2.25. The number of nitrogens with zero attached hydrogens (tertiary/aromatic N) is 1. The lowest BCUT2D eigenvalue weighted by Crippen LogP contribution is -2.42. The second-order valence-electron chi connectivity index (χ2n) is 6.96. The Kier molecular flexibility index (Phi) is 6.76. The molecule has 29 heavy (non-hydrogen) atoms. The highest BCUT2D eigenvalue weighted by molar-refractivity contribution is 7.92. The number of hydrogen-bond donors (Lipinski definition) is 1. The normalized spacial score (nSPS) is 16.4. The molecule has 1 saturated heterocycles. The van der Waals surface area contributed by atoms with Crippen LogP contribution in [-0.2, 0) is 19.6 Å². The molecule has 2 aromatic carbocycles. The molecule has 1 N–H and O–H groups in total. The Morgan fingerprint density at radius 2 is 1.86 bits per heavy atom. The molecular weight excluding hydrogens is 392 g/mol. The van der Waals surface area contributed by atoms with Gasteiger partial charge >= 0.3 is 0 Å². The van der Waals surface area contributed by atoms with Crippen molar-refractivity contribution >= 4 is 21.6 Å². The molecule has 1 amide bonds. The summed E-state index contributed by atoms with van der Waals surface area (Å²) in [4.78, 5) is 12.6. The van der Waals surface area contributed by atoms with Gasteiger partial charge in [-0.1, -0.05) is 17.7 Å². The zero-order valence-corrected chi connectivity index (χ0v) is 17.4. The Hall–Kier alpha value is -2.58. The SMILES string of the molecule is COc1ccc(S(=O)(=O)N(CC(=O)NC[C@H]2CCCO2)c2ccc(C)cc2)cc1. The highest BCUT2D eigenvalue weighted by atomic mass is 32.2. The van der Waals surface area contributed by atoms with Crippen molar-refractivity contribution in [2.75, 3.05) is 31.1 Å². The molecule has 1 fully saturated rings. The Balaban J connectivity index is 1.83. The van der Waals surface area contributed by atoms with Crippen molar-refractivity contribution in [2.45, 2.75) is 30.8 Å². The Morgan fingerprint density at radius 1 is 1.17 bits per heavy atom. The van der Waals surface area contributed by atoms with Gasteiger partial charge in [0.2, 0.25) is 5.91 Å². The lowest BCUT2D eigenvalue weighted by molar-refractivity contribution is -0.120. The number of hydrogen-bond acceptors (Lipinski definition) is 5. The van der Waals surface area contributed by atoms with Gasteiger partial charge in [-0.05, 0) is 56.2 Å². The highest BCUT2D eigenvalue weighted by Gasteiger charge is 2.27. The molecule has 0 spiro atoms. The maximum absolute atomic E-state index is 13.3. The van der Waals surface area contributed by atoms with Gasteiger partial charge in [-0.3, -0.25) is 9.10 Å². The van der Waals surface area contributed by atoms with E-state index in [4.69, 9.17) is 9.47 Å². The fourth-order valence-electron chi connectivity index (χ4n) is 3.12. The number of carbonyl (C=O) groups is 1. The van der Waals surface area contributed by atoms with Gasteiger partial charge < -0.3 is 14.8 Å². The van der Waals surface area contributed by atoms with Crippen LogP contribution in [0.3, 0.4) is 0 Å². The van der Waals surface area contributed by atoms with Gasteiger partial charge in [0.05, 0.1) is 23.8 Å². The number of carbonyl (C=O) groups excluding carboxylic acids is 1. The van der Waals surface area contributed by atoms with Crippen LogP contribution in [0.5, 0.6) is 5.75 Å². The van der Waals surface area contributed by atoms with Crippen molar-refractivity contribution in [3.63, 3.8) is 0 Å². The predicted molar refractivity (Wildman–Crippen MR) is 111 cm³/mol. The van der Waals surface area contributed by atoms with Crippen molar-refractivity contribution in [1.29, 1.82) is 0 Å². The molecule has 3 rings (SSSR count). The van der Waals surface area contributed by atoms with Crippen LogP contribution in [-0.4, -0.2) is 47.2 Å². The van der Waals surface area contributed by atoms with Crippen molar-refractivity contribution in [3.8, 4) is 5.75 Å². The number of methoxy groups -OCH3 is 1. The van der Waals surface area contributed by atoms with Crippen LogP contribution in [0.2, 0.25) is 0 Å². The number of aryl methyl sites for hydroxylation is 1. The lowest BCUT2D eigenvalue weighted by atomic mass is 10.2. The summed E-state index contributed by atoms with van der Waals surface area (Å²) < 4.78 is 38.3. The summed E-state index contributed by atoms with van der Waals surface area (Å²) in [5.41, 5.74) is 1.43. The molecule has 0 saturated carbocycles. The molecule has 0 unspecified atom stereocenters. The van der Waals surface area contributed by atoms with Crippen LogP contribution in [0.15, 0.2) is 53.4 Å². The van der Waals surface area contributed by atoms with E-state index in [1.165, 1.54) is 19.2 Å². The Labute approximate surface area is 171 Å². The van der Waals surface area contributed by atoms with E-state index in [0.717, 1.165) is 22.7 Å². The fraction of sp³-hybridized carbons (Fsp3) is 0.381. The molecule has 8 heteroatoms. The monoisotopic (exact) mass is 418 g/mol. The van der Waals surface area contributed by atoms with Crippen LogP contribution in [0, 0.1) is 6.92 Å². The maximum atomic E-state index is 13.3. The third-order valence-corrected chi connectivity index (χ3v) is 6.60. The van der Waals surface area contributed by atoms with E-state index in [-0.39, 0.29) is 23.5 Å². The minimum absolute atomic E-state index is 0.00929. The maximum Gasteiger partial charge on any atom is 0.264 e. The van der Waals surface area contributed by atoms with Crippen molar-refractivity contribution < 1.29 is 22.7 Å². The number of ether oxygens (including phenoxy) is 2. The van der Waals surface area contributed by atoms with Crippen LogP contribution < -0.4 is 14.4 Å². The van der Waals surface area contributed by atoms with E-state index in [1.54, 1.807) is 24.3 Å². The molecule has 0 radical (unpaired) electrons. The van der Waals surface area contributed by atoms with Crippen molar-refractivity contribution in [2.24, 2.45) is 0 Å². The number of benzene rings is 2. The summed E-state index contributed by atoms with van der Waals surface area (Å²) in [5, 5.41) is 2.79. The number of amides is 1. The standard InChI is InChI=1S/C21H26N2O5S/c1-16-5-7-17(8-6-16)23(15-21(24)22-14-19-4-3-13-28-19)29(25,26)20-11-9-18(27-2)10-12-20/h5-12,19H,3-4,13-15H2,1-2H3,(H,22,24)/t19-/m1/s1. The van der Waals surface area contributed by atoms with E-state index in [2.05, 4.69) is 5.32 Å². The summed E-state index contributed by atoms with van der Waals surface area (Å²) in [5.74, 6) is 0.179. The number of sulfonamides is 1. The third-order valence-electron chi connectivity index (χ3n) is 4.81. The first-order chi connectivity index (χ1) is 13.9. The molecular formula is C21H26N2O5S. The molecule has 156 valence electrons. The fourth-order valence-corrected chi connectivity index (χ4v) is 4.54. The molecule has 1 aliphatic heterocycles. The molecule has 0 bridgehead atoms. The molecule has 1 aliphatic rings. The second-order valence-corrected chi connectivity index (χ2v) is 8.82. The first kappa shape index (κ1) is 21.1. The third kappa shape index (κ3) is 5.27. The molecule has 0 aliphatic carbocycles. The minimum atomic E-state index is -3.94. The number of anilines is 1. The van der Waals surface area contributed by atoms with Crippen LogP contribution >= 0.6 is 0 Å². The van der Waals surface area contributed by atoms with Gasteiger partial charge in [0.25, 0.3) is 10.0 Å². The average Bonchev–Trinajstić information content (AvgIpc) is 3.25. The largest absolute Gasteiger partial charge is 0.497 e.